The second-order valence-electron chi connectivity index (χ2n) is 5.65. The highest BCUT2D eigenvalue weighted by molar-refractivity contribution is 7.90. The van der Waals surface area contributed by atoms with E-state index in [1.165, 1.54) is 18.4 Å². The topological polar surface area (TPSA) is 89.3 Å². The molecule has 118 valence electrons. The first-order chi connectivity index (χ1) is 9.24. The fraction of sp³-hybridized carbons (Fsp3) is 0.500. The zero-order chi connectivity index (χ0) is 15.0. The Balaban J connectivity index is 0.00000220. The van der Waals surface area contributed by atoms with E-state index in [-0.39, 0.29) is 22.7 Å². The van der Waals surface area contributed by atoms with Gasteiger partial charge in [-0.15, -0.1) is 12.4 Å². The third-order valence-corrected chi connectivity index (χ3v) is 5.15. The van der Waals surface area contributed by atoms with Gasteiger partial charge in [0.05, 0.1) is 4.90 Å². The summed E-state index contributed by atoms with van der Waals surface area (Å²) in [5.41, 5.74) is 6.37. The molecule has 1 aromatic carbocycles. The SMILES string of the molecule is CC1(c2cc(S(C)(=O)=O)ccc2C(N)=O)CCNCC1.Cl. The zero-order valence-corrected chi connectivity index (χ0v) is 13.8. The van der Waals surface area contributed by atoms with E-state index in [0.717, 1.165) is 31.5 Å². The number of carbonyl (C=O) groups is 1. The van der Waals surface area contributed by atoms with Crippen LogP contribution in [0.2, 0.25) is 0 Å². The summed E-state index contributed by atoms with van der Waals surface area (Å²) in [7, 11) is -3.30. The van der Waals surface area contributed by atoms with Gasteiger partial charge in [0.2, 0.25) is 5.91 Å². The monoisotopic (exact) mass is 332 g/mol. The molecule has 1 aliphatic rings. The van der Waals surface area contributed by atoms with Crippen molar-refractivity contribution < 1.29 is 13.2 Å². The number of halogens is 1. The van der Waals surface area contributed by atoms with Gasteiger partial charge in [0, 0.05) is 11.8 Å². The minimum atomic E-state index is -3.30. The van der Waals surface area contributed by atoms with Crippen LogP contribution in [0.3, 0.4) is 0 Å². The molecule has 0 aliphatic carbocycles. The Morgan fingerprint density at radius 1 is 1.29 bits per heavy atom. The lowest BCUT2D eigenvalue weighted by Gasteiger charge is -2.36. The van der Waals surface area contributed by atoms with Crippen molar-refractivity contribution in [1.82, 2.24) is 5.32 Å². The number of sulfone groups is 1. The summed E-state index contributed by atoms with van der Waals surface area (Å²) in [6.45, 7) is 3.75. The van der Waals surface area contributed by atoms with Gasteiger partial charge in [-0.05, 0) is 55.1 Å². The molecule has 0 aromatic heterocycles. The molecule has 2 rings (SSSR count). The molecule has 1 saturated heterocycles. The first kappa shape index (κ1) is 17.9. The molecule has 0 unspecified atom stereocenters. The van der Waals surface area contributed by atoms with Gasteiger partial charge in [-0.25, -0.2) is 8.42 Å². The lowest BCUT2D eigenvalue weighted by molar-refractivity contribution is 0.0997. The van der Waals surface area contributed by atoms with Crippen LogP contribution < -0.4 is 11.1 Å². The minimum Gasteiger partial charge on any atom is -0.366 e. The fourth-order valence-corrected chi connectivity index (χ4v) is 3.36. The van der Waals surface area contributed by atoms with Gasteiger partial charge in [0.25, 0.3) is 0 Å². The highest BCUT2D eigenvalue weighted by Gasteiger charge is 2.32. The van der Waals surface area contributed by atoms with Crippen LogP contribution in [0.15, 0.2) is 23.1 Å². The van der Waals surface area contributed by atoms with Crippen molar-refractivity contribution in [2.45, 2.75) is 30.1 Å². The summed E-state index contributed by atoms with van der Waals surface area (Å²) in [5, 5.41) is 3.27. The lowest BCUT2D eigenvalue weighted by atomic mass is 9.73. The fourth-order valence-electron chi connectivity index (χ4n) is 2.72. The van der Waals surface area contributed by atoms with Crippen molar-refractivity contribution in [3.63, 3.8) is 0 Å². The number of hydrogen-bond donors (Lipinski definition) is 2. The molecule has 1 fully saturated rings. The van der Waals surface area contributed by atoms with E-state index in [1.54, 1.807) is 6.07 Å². The number of carbonyl (C=O) groups excluding carboxylic acids is 1. The average Bonchev–Trinajstić information content (AvgIpc) is 2.38. The normalized spacial score (nSPS) is 17.8. The molecule has 1 aliphatic heterocycles. The maximum Gasteiger partial charge on any atom is 0.248 e. The number of rotatable bonds is 3. The third kappa shape index (κ3) is 3.75. The smallest absolute Gasteiger partial charge is 0.248 e. The van der Waals surface area contributed by atoms with E-state index >= 15 is 0 Å². The number of nitrogens with two attached hydrogens (primary N) is 1. The molecule has 0 atom stereocenters. The van der Waals surface area contributed by atoms with Gasteiger partial charge in [0.1, 0.15) is 0 Å². The van der Waals surface area contributed by atoms with Crippen molar-refractivity contribution in [2.75, 3.05) is 19.3 Å². The highest BCUT2D eigenvalue weighted by Crippen LogP contribution is 2.36. The molecule has 1 aromatic rings. The highest BCUT2D eigenvalue weighted by atomic mass is 35.5. The first-order valence-electron chi connectivity index (χ1n) is 6.59. The van der Waals surface area contributed by atoms with Crippen LogP contribution in [0.5, 0.6) is 0 Å². The summed E-state index contributed by atoms with van der Waals surface area (Å²) in [6, 6.07) is 4.59. The summed E-state index contributed by atoms with van der Waals surface area (Å²) in [6.07, 6.45) is 2.86. The Morgan fingerprint density at radius 3 is 2.33 bits per heavy atom. The molecule has 0 radical (unpaired) electrons. The molecule has 0 bridgehead atoms. The van der Waals surface area contributed by atoms with Crippen LogP contribution in [0.25, 0.3) is 0 Å². The van der Waals surface area contributed by atoms with Crippen LogP contribution in [0, 0.1) is 0 Å². The van der Waals surface area contributed by atoms with Gasteiger partial charge in [0.15, 0.2) is 9.84 Å². The molecule has 1 heterocycles. The van der Waals surface area contributed by atoms with Gasteiger partial charge < -0.3 is 11.1 Å². The molecular formula is C14H21ClN2O3S. The Morgan fingerprint density at radius 2 is 1.86 bits per heavy atom. The summed E-state index contributed by atoms with van der Waals surface area (Å²) < 4.78 is 23.4. The Kier molecular flexibility index (Phi) is 5.41. The number of primary amides is 1. The maximum absolute atomic E-state index is 11.7. The van der Waals surface area contributed by atoms with Crippen molar-refractivity contribution in [1.29, 1.82) is 0 Å². The second kappa shape index (κ2) is 6.34. The molecular weight excluding hydrogens is 312 g/mol. The van der Waals surface area contributed by atoms with E-state index in [0.29, 0.717) is 5.56 Å². The third-order valence-electron chi connectivity index (χ3n) is 4.04. The van der Waals surface area contributed by atoms with E-state index < -0.39 is 15.7 Å². The summed E-state index contributed by atoms with van der Waals surface area (Å²) >= 11 is 0. The second-order valence-corrected chi connectivity index (χ2v) is 7.67. The van der Waals surface area contributed by atoms with Crippen LogP contribution in [-0.4, -0.2) is 33.7 Å². The van der Waals surface area contributed by atoms with Crippen molar-refractivity contribution in [3.05, 3.63) is 29.3 Å². The Bertz CT molecular complexity index is 638. The number of piperidine rings is 1. The number of nitrogens with one attached hydrogen (secondary N) is 1. The molecule has 0 spiro atoms. The predicted octanol–water partition coefficient (Wildman–Crippen LogP) is 1.25. The lowest BCUT2D eigenvalue weighted by Crippen LogP contribution is -2.39. The van der Waals surface area contributed by atoms with Crippen LogP contribution in [0.4, 0.5) is 0 Å². The number of benzene rings is 1. The molecule has 3 N–H and O–H groups in total. The summed E-state index contributed by atoms with van der Waals surface area (Å²) in [5.74, 6) is -0.514. The Labute approximate surface area is 131 Å². The molecule has 21 heavy (non-hydrogen) atoms. The van der Waals surface area contributed by atoms with E-state index in [2.05, 4.69) is 12.2 Å². The predicted molar refractivity (Wildman–Crippen MR) is 84.8 cm³/mol. The molecule has 0 saturated carbocycles. The summed E-state index contributed by atoms with van der Waals surface area (Å²) in [4.78, 5) is 11.9. The van der Waals surface area contributed by atoms with Crippen molar-refractivity contribution in [3.8, 4) is 0 Å². The Hall–Kier alpha value is -1.11. The minimum absolute atomic E-state index is 0. The zero-order valence-electron chi connectivity index (χ0n) is 12.2. The maximum atomic E-state index is 11.7. The van der Waals surface area contributed by atoms with Crippen molar-refractivity contribution in [2.24, 2.45) is 5.73 Å². The van der Waals surface area contributed by atoms with Gasteiger partial charge >= 0.3 is 0 Å². The molecule has 1 amide bonds. The van der Waals surface area contributed by atoms with Gasteiger partial charge in [-0.3, -0.25) is 4.79 Å². The average molecular weight is 333 g/mol. The first-order valence-corrected chi connectivity index (χ1v) is 8.48. The molecule has 7 heteroatoms. The number of hydrogen-bond acceptors (Lipinski definition) is 4. The van der Waals surface area contributed by atoms with Crippen LogP contribution in [0.1, 0.15) is 35.7 Å². The largest absolute Gasteiger partial charge is 0.366 e. The standard InChI is InChI=1S/C14H20N2O3S.ClH/c1-14(5-7-16-8-6-14)12-9-10(20(2,18)19)3-4-11(12)13(15)17;/h3-4,9,16H,5-8H2,1-2H3,(H2,15,17);1H. The number of amides is 1. The van der Waals surface area contributed by atoms with E-state index in [1.807, 2.05) is 0 Å². The van der Waals surface area contributed by atoms with E-state index in [4.69, 9.17) is 5.73 Å². The van der Waals surface area contributed by atoms with Crippen LogP contribution >= 0.6 is 12.4 Å². The quantitative estimate of drug-likeness (QED) is 0.871. The van der Waals surface area contributed by atoms with Gasteiger partial charge in [-0.2, -0.15) is 0 Å². The van der Waals surface area contributed by atoms with Crippen LogP contribution in [-0.2, 0) is 15.3 Å². The van der Waals surface area contributed by atoms with Gasteiger partial charge in [-0.1, -0.05) is 6.92 Å². The molecule has 5 nitrogen and oxygen atoms in total. The van der Waals surface area contributed by atoms with E-state index in [9.17, 15) is 13.2 Å². The van der Waals surface area contributed by atoms with Crippen molar-refractivity contribution >= 4 is 28.2 Å².